The molecule has 30 heavy (non-hydrogen) atoms. The first kappa shape index (κ1) is 22.0. The Bertz CT molecular complexity index is 1070. The van der Waals surface area contributed by atoms with E-state index >= 15 is 0 Å². The summed E-state index contributed by atoms with van der Waals surface area (Å²) >= 11 is 18.2. The molecule has 5 nitrogen and oxygen atoms in total. The normalized spacial score (nSPS) is 10.8. The molecule has 1 amide bonds. The lowest BCUT2D eigenvalue weighted by Crippen LogP contribution is -2.17. The minimum atomic E-state index is -0.425. The Balaban J connectivity index is 1.69. The van der Waals surface area contributed by atoms with Gasteiger partial charge in [0.05, 0.1) is 28.4 Å². The minimum Gasteiger partial charge on any atom is -0.493 e. The average molecular weight is 464 g/mol. The van der Waals surface area contributed by atoms with Crippen molar-refractivity contribution in [2.75, 3.05) is 7.11 Å². The SMILES string of the molecule is COc1cc(/C=N\NC(=O)c2ccc(Cl)c(Cl)c2)cc(Cl)c1OCc1ccccc1. The van der Waals surface area contributed by atoms with Crippen molar-refractivity contribution in [2.45, 2.75) is 6.61 Å². The van der Waals surface area contributed by atoms with Crippen LogP contribution in [0.15, 0.2) is 65.8 Å². The van der Waals surface area contributed by atoms with E-state index in [1.54, 1.807) is 24.3 Å². The fourth-order valence-corrected chi connectivity index (χ4v) is 3.12. The molecule has 0 fully saturated rings. The molecule has 0 radical (unpaired) electrons. The fourth-order valence-electron chi connectivity index (χ4n) is 2.55. The van der Waals surface area contributed by atoms with Gasteiger partial charge in [0.25, 0.3) is 5.91 Å². The van der Waals surface area contributed by atoms with Crippen molar-refractivity contribution >= 4 is 46.9 Å². The van der Waals surface area contributed by atoms with Crippen LogP contribution in [0.5, 0.6) is 11.5 Å². The third-order valence-electron chi connectivity index (χ3n) is 4.04. The summed E-state index contributed by atoms with van der Waals surface area (Å²) in [5.41, 5.74) is 4.39. The third-order valence-corrected chi connectivity index (χ3v) is 5.06. The van der Waals surface area contributed by atoms with Gasteiger partial charge in [-0.2, -0.15) is 5.10 Å². The number of halogens is 3. The van der Waals surface area contributed by atoms with Crippen LogP contribution in [0, 0.1) is 0 Å². The summed E-state index contributed by atoms with van der Waals surface area (Å²) in [7, 11) is 1.52. The molecular formula is C22H17Cl3N2O3. The molecule has 0 aromatic heterocycles. The number of nitrogens with zero attached hydrogens (tertiary/aromatic N) is 1. The van der Waals surface area contributed by atoms with Crippen molar-refractivity contribution in [3.8, 4) is 11.5 Å². The highest BCUT2D eigenvalue weighted by atomic mass is 35.5. The highest BCUT2D eigenvalue weighted by molar-refractivity contribution is 6.42. The van der Waals surface area contributed by atoms with Gasteiger partial charge in [0.1, 0.15) is 6.61 Å². The zero-order valence-corrected chi connectivity index (χ0v) is 18.1. The van der Waals surface area contributed by atoms with Crippen LogP contribution in [0.1, 0.15) is 21.5 Å². The van der Waals surface area contributed by atoms with E-state index in [9.17, 15) is 4.79 Å². The molecule has 154 valence electrons. The highest BCUT2D eigenvalue weighted by Gasteiger charge is 2.12. The predicted molar refractivity (Wildman–Crippen MR) is 120 cm³/mol. The van der Waals surface area contributed by atoms with E-state index in [2.05, 4.69) is 10.5 Å². The van der Waals surface area contributed by atoms with E-state index in [-0.39, 0.29) is 5.02 Å². The van der Waals surface area contributed by atoms with Crippen LogP contribution in [0.25, 0.3) is 0 Å². The molecule has 0 spiro atoms. The Labute approximate surface area is 189 Å². The molecule has 3 rings (SSSR count). The summed E-state index contributed by atoms with van der Waals surface area (Å²) < 4.78 is 11.2. The number of rotatable bonds is 7. The smallest absolute Gasteiger partial charge is 0.271 e. The molecule has 0 atom stereocenters. The fraction of sp³-hybridized carbons (Fsp3) is 0.0909. The summed E-state index contributed by atoms with van der Waals surface area (Å²) in [5, 5.41) is 4.97. The largest absolute Gasteiger partial charge is 0.493 e. The van der Waals surface area contributed by atoms with Gasteiger partial charge < -0.3 is 9.47 Å². The van der Waals surface area contributed by atoms with Crippen LogP contribution >= 0.6 is 34.8 Å². The topological polar surface area (TPSA) is 59.9 Å². The van der Waals surface area contributed by atoms with E-state index in [1.807, 2.05) is 30.3 Å². The standard InChI is InChI=1S/C22H17Cl3N2O3/c1-29-20-10-15(9-19(25)21(20)30-13-14-5-3-2-4-6-14)12-26-27-22(28)16-7-8-17(23)18(24)11-16/h2-12H,13H2,1H3,(H,27,28)/b26-12-. The van der Waals surface area contributed by atoms with Crippen molar-refractivity contribution in [2.24, 2.45) is 5.10 Å². The zero-order chi connectivity index (χ0) is 21.5. The number of hydrogen-bond acceptors (Lipinski definition) is 4. The lowest BCUT2D eigenvalue weighted by atomic mass is 10.2. The molecule has 0 bridgehead atoms. The summed E-state index contributed by atoms with van der Waals surface area (Å²) in [4.78, 5) is 12.2. The summed E-state index contributed by atoms with van der Waals surface area (Å²) in [6.07, 6.45) is 1.45. The molecule has 0 unspecified atom stereocenters. The van der Waals surface area contributed by atoms with Crippen LogP contribution in [-0.2, 0) is 6.61 Å². The average Bonchev–Trinajstić information content (AvgIpc) is 2.75. The van der Waals surface area contributed by atoms with Crippen LogP contribution < -0.4 is 14.9 Å². The first-order valence-electron chi connectivity index (χ1n) is 8.80. The maximum absolute atomic E-state index is 12.2. The molecule has 1 N–H and O–H groups in total. The number of carbonyl (C=O) groups is 1. The van der Waals surface area contributed by atoms with Gasteiger partial charge in [0.2, 0.25) is 0 Å². The van der Waals surface area contributed by atoms with Gasteiger partial charge in [0, 0.05) is 5.56 Å². The molecule has 0 saturated carbocycles. The highest BCUT2D eigenvalue weighted by Crippen LogP contribution is 2.36. The van der Waals surface area contributed by atoms with Crippen molar-refractivity contribution in [1.29, 1.82) is 0 Å². The third kappa shape index (κ3) is 5.66. The second-order valence-electron chi connectivity index (χ2n) is 6.14. The van der Waals surface area contributed by atoms with Gasteiger partial charge in [-0.15, -0.1) is 0 Å². The van der Waals surface area contributed by atoms with E-state index < -0.39 is 5.91 Å². The zero-order valence-electron chi connectivity index (χ0n) is 15.9. The van der Waals surface area contributed by atoms with Crippen molar-refractivity contribution < 1.29 is 14.3 Å². The summed E-state index contributed by atoms with van der Waals surface area (Å²) in [6.45, 7) is 0.351. The number of nitrogens with one attached hydrogen (secondary N) is 1. The van der Waals surface area contributed by atoms with Crippen molar-refractivity contribution in [3.63, 3.8) is 0 Å². The number of amides is 1. The lowest BCUT2D eigenvalue weighted by Gasteiger charge is -2.13. The molecule has 0 aliphatic carbocycles. The Morgan fingerprint density at radius 2 is 1.77 bits per heavy atom. The van der Waals surface area contributed by atoms with E-state index in [4.69, 9.17) is 44.3 Å². The molecule has 0 heterocycles. The van der Waals surface area contributed by atoms with Gasteiger partial charge in [-0.25, -0.2) is 5.43 Å². The molecule has 3 aromatic rings. The first-order valence-corrected chi connectivity index (χ1v) is 9.94. The van der Waals surface area contributed by atoms with Gasteiger partial charge in [0.15, 0.2) is 11.5 Å². The number of carbonyl (C=O) groups excluding carboxylic acids is 1. The van der Waals surface area contributed by atoms with Gasteiger partial charge >= 0.3 is 0 Å². The molecule has 0 aliphatic rings. The minimum absolute atomic E-state index is 0.288. The quantitative estimate of drug-likeness (QED) is 0.345. The van der Waals surface area contributed by atoms with Crippen LogP contribution in [0.4, 0.5) is 0 Å². The Kier molecular flexibility index (Phi) is 7.57. The number of methoxy groups -OCH3 is 1. The first-order chi connectivity index (χ1) is 14.5. The van der Waals surface area contributed by atoms with Gasteiger partial charge in [-0.3, -0.25) is 4.79 Å². The predicted octanol–water partition coefficient (Wildman–Crippen LogP) is 6.00. The van der Waals surface area contributed by atoms with E-state index in [1.165, 1.54) is 19.4 Å². The lowest BCUT2D eigenvalue weighted by molar-refractivity contribution is 0.0955. The van der Waals surface area contributed by atoms with Crippen LogP contribution in [-0.4, -0.2) is 19.2 Å². The maximum atomic E-state index is 12.2. The van der Waals surface area contributed by atoms with Gasteiger partial charge in [-0.05, 0) is 41.5 Å². The Hall–Kier alpha value is -2.73. The molecule has 0 aliphatic heterocycles. The molecule has 3 aromatic carbocycles. The summed E-state index contributed by atoms with van der Waals surface area (Å²) in [5.74, 6) is 0.460. The molecule has 0 saturated heterocycles. The van der Waals surface area contributed by atoms with Crippen molar-refractivity contribution in [1.82, 2.24) is 5.43 Å². The van der Waals surface area contributed by atoms with E-state index in [0.29, 0.717) is 39.3 Å². The number of benzene rings is 3. The Morgan fingerprint density at radius 1 is 1.00 bits per heavy atom. The molecule has 8 heteroatoms. The summed E-state index contributed by atoms with van der Waals surface area (Å²) in [6, 6.07) is 17.7. The second-order valence-corrected chi connectivity index (χ2v) is 7.36. The number of hydrogen-bond donors (Lipinski definition) is 1. The maximum Gasteiger partial charge on any atom is 0.271 e. The molecular weight excluding hydrogens is 447 g/mol. The Morgan fingerprint density at radius 3 is 2.47 bits per heavy atom. The van der Waals surface area contributed by atoms with Crippen LogP contribution in [0.2, 0.25) is 15.1 Å². The second kappa shape index (κ2) is 10.3. The van der Waals surface area contributed by atoms with Crippen molar-refractivity contribution in [3.05, 3.63) is 92.4 Å². The monoisotopic (exact) mass is 462 g/mol. The number of hydrazone groups is 1. The van der Waals surface area contributed by atoms with Gasteiger partial charge in [-0.1, -0.05) is 65.1 Å². The van der Waals surface area contributed by atoms with Crippen LogP contribution in [0.3, 0.4) is 0 Å². The van der Waals surface area contributed by atoms with E-state index in [0.717, 1.165) is 5.56 Å². The number of ether oxygens (including phenoxy) is 2.